The van der Waals surface area contributed by atoms with Crippen molar-refractivity contribution >= 4 is 64.0 Å². The first kappa shape index (κ1) is 25.9. The maximum absolute atomic E-state index is 13.0. The van der Waals surface area contributed by atoms with E-state index < -0.39 is 17.8 Å². The number of para-hydroxylation sites is 1. The summed E-state index contributed by atoms with van der Waals surface area (Å²) in [5.74, 6) is -2.24. The first-order chi connectivity index (χ1) is 17.7. The standard InChI is InChI=1S/C27H21Cl2N3O5/c1-15(2)37-27(36)17-9-13-19(14-10-17)32-25(34)22(29)23(26(32)35)30-18-11-7-16(8-12-18)24(33)31-21-6-4-3-5-20(21)28/h3-15,30H,1-2H3,(H,31,33). The largest absolute Gasteiger partial charge is 0.459 e. The van der Waals surface area contributed by atoms with E-state index in [1.54, 1.807) is 62.4 Å². The van der Waals surface area contributed by atoms with Gasteiger partial charge in [0, 0.05) is 11.3 Å². The van der Waals surface area contributed by atoms with Crippen molar-refractivity contribution in [3.63, 3.8) is 0 Å². The Kier molecular flexibility index (Phi) is 7.61. The minimum Gasteiger partial charge on any atom is -0.459 e. The van der Waals surface area contributed by atoms with Gasteiger partial charge in [-0.2, -0.15) is 0 Å². The van der Waals surface area contributed by atoms with Crippen molar-refractivity contribution in [1.29, 1.82) is 0 Å². The molecule has 0 fully saturated rings. The molecule has 0 unspecified atom stereocenters. The summed E-state index contributed by atoms with van der Waals surface area (Å²) in [5, 5.41) is 5.71. The summed E-state index contributed by atoms with van der Waals surface area (Å²) in [6, 6.07) is 19.0. The highest BCUT2D eigenvalue weighted by Crippen LogP contribution is 2.30. The number of imide groups is 1. The molecule has 0 aliphatic carbocycles. The van der Waals surface area contributed by atoms with Crippen LogP contribution in [-0.4, -0.2) is 29.8 Å². The van der Waals surface area contributed by atoms with Crippen molar-refractivity contribution in [2.24, 2.45) is 0 Å². The fourth-order valence-electron chi connectivity index (χ4n) is 3.48. The number of amides is 3. The predicted molar refractivity (Wildman–Crippen MR) is 142 cm³/mol. The highest BCUT2D eigenvalue weighted by atomic mass is 35.5. The summed E-state index contributed by atoms with van der Waals surface area (Å²) < 4.78 is 5.15. The van der Waals surface area contributed by atoms with Crippen molar-refractivity contribution in [2.45, 2.75) is 20.0 Å². The van der Waals surface area contributed by atoms with Crippen molar-refractivity contribution in [1.82, 2.24) is 0 Å². The number of carbonyl (C=O) groups excluding carboxylic acids is 4. The summed E-state index contributed by atoms with van der Waals surface area (Å²) >= 11 is 12.3. The Morgan fingerprint density at radius 1 is 0.838 bits per heavy atom. The number of esters is 1. The molecule has 0 spiro atoms. The molecule has 188 valence electrons. The number of anilines is 3. The molecule has 0 saturated heterocycles. The first-order valence-electron chi connectivity index (χ1n) is 11.2. The number of nitrogens with zero attached hydrogens (tertiary/aromatic N) is 1. The van der Waals surface area contributed by atoms with E-state index in [0.717, 1.165) is 4.90 Å². The lowest BCUT2D eigenvalue weighted by Gasteiger charge is -2.16. The normalized spacial score (nSPS) is 13.3. The number of halogens is 2. The number of hydrogen-bond donors (Lipinski definition) is 2. The first-order valence-corrected chi connectivity index (χ1v) is 11.9. The van der Waals surface area contributed by atoms with Gasteiger partial charge in [0.2, 0.25) is 0 Å². The van der Waals surface area contributed by atoms with Crippen LogP contribution in [0, 0.1) is 0 Å². The fourth-order valence-corrected chi connectivity index (χ4v) is 3.88. The van der Waals surface area contributed by atoms with Gasteiger partial charge >= 0.3 is 5.97 Å². The van der Waals surface area contributed by atoms with Crippen LogP contribution in [0.15, 0.2) is 83.5 Å². The molecule has 1 heterocycles. The molecule has 37 heavy (non-hydrogen) atoms. The fraction of sp³-hybridized carbons (Fsp3) is 0.111. The number of hydrogen-bond acceptors (Lipinski definition) is 6. The Hall–Kier alpha value is -4.14. The van der Waals surface area contributed by atoms with Gasteiger partial charge in [-0.05, 0) is 74.5 Å². The van der Waals surface area contributed by atoms with E-state index in [4.69, 9.17) is 27.9 Å². The molecule has 0 atom stereocenters. The van der Waals surface area contributed by atoms with Crippen LogP contribution in [0.2, 0.25) is 5.02 Å². The third-order valence-electron chi connectivity index (χ3n) is 5.27. The van der Waals surface area contributed by atoms with Crippen LogP contribution >= 0.6 is 23.2 Å². The van der Waals surface area contributed by atoms with Crippen LogP contribution in [0.1, 0.15) is 34.6 Å². The zero-order valence-corrected chi connectivity index (χ0v) is 21.3. The van der Waals surface area contributed by atoms with Crippen LogP contribution in [0.4, 0.5) is 17.1 Å². The Morgan fingerprint density at radius 2 is 1.46 bits per heavy atom. The van der Waals surface area contributed by atoms with E-state index in [-0.39, 0.29) is 34.0 Å². The van der Waals surface area contributed by atoms with Crippen LogP contribution in [-0.2, 0) is 14.3 Å². The SMILES string of the molecule is CC(C)OC(=O)c1ccc(N2C(=O)C(Cl)=C(Nc3ccc(C(=O)Nc4ccccc4Cl)cc3)C2=O)cc1. The molecule has 0 saturated carbocycles. The third-order valence-corrected chi connectivity index (χ3v) is 5.95. The Balaban J connectivity index is 1.45. The quantitative estimate of drug-likeness (QED) is 0.300. The smallest absolute Gasteiger partial charge is 0.338 e. The number of carbonyl (C=O) groups is 4. The van der Waals surface area contributed by atoms with Crippen LogP contribution in [0.25, 0.3) is 0 Å². The second kappa shape index (κ2) is 10.9. The lowest BCUT2D eigenvalue weighted by Crippen LogP contribution is -2.32. The molecule has 3 amide bonds. The van der Waals surface area contributed by atoms with E-state index in [2.05, 4.69) is 10.6 Å². The van der Waals surface area contributed by atoms with Gasteiger partial charge in [-0.3, -0.25) is 14.4 Å². The Morgan fingerprint density at radius 3 is 2.08 bits per heavy atom. The number of benzene rings is 3. The molecule has 8 nitrogen and oxygen atoms in total. The zero-order valence-electron chi connectivity index (χ0n) is 19.7. The molecule has 1 aliphatic heterocycles. The lowest BCUT2D eigenvalue weighted by atomic mass is 10.2. The number of ether oxygens (including phenoxy) is 1. The summed E-state index contributed by atoms with van der Waals surface area (Å²) in [7, 11) is 0. The summed E-state index contributed by atoms with van der Waals surface area (Å²) in [6.07, 6.45) is -0.281. The van der Waals surface area contributed by atoms with E-state index in [9.17, 15) is 19.2 Å². The maximum atomic E-state index is 13.0. The lowest BCUT2D eigenvalue weighted by molar-refractivity contribution is -0.120. The molecular weight excluding hydrogens is 517 g/mol. The second-order valence-corrected chi connectivity index (χ2v) is 9.06. The predicted octanol–water partition coefficient (Wildman–Crippen LogP) is 5.59. The number of nitrogens with one attached hydrogen (secondary N) is 2. The van der Waals surface area contributed by atoms with Gasteiger partial charge in [0.05, 0.1) is 28.1 Å². The van der Waals surface area contributed by atoms with Crippen LogP contribution in [0.5, 0.6) is 0 Å². The molecule has 0 radical (unpaired) electrons. The molecule has 3 aromatic carbocycles. The Bertz CT molecular complexity index is 1420. The molecule has 2 N–H and O–H groups in total. The average molecular weight is 538 g/mol. The van der Waals surface area contributed by atoms with Crippen LogP contribution in [0.3, 0.4) is 0 Å². The van der Waals surface area contributed by atoms with Gasteiger partial charge in [0.15, 0.2) is 0 Å². The van der Waals surface area contributed by atoms with Crippen LogP contribution < -0.4 is 15.5 Å². The van der Waals surface area contributed by atoms with E-state index >= 15 is 0 Å². The molecule has 4 rings (SSSR count). The minimum atomic E-state index is -0.706. The van der Waals surface area contributed by atoms with Gasteiger partial charge in [-0.25, -0.2) is 9.69 Å². The second-order valence-electron chi connectivity index (χ2n) is 8.27. The molecule has 0 aromatic heterocycles. The zero-order chi connectivity index (χ0) is 26.7. The summed E-state index contributed by atoms with van der Waals surface area (Å²) in [6.45, 7) is 3.47. The van der Waals surface area contributed by atoms with E-state index in [0.29, 0.717) is 22.0 Å². The summed E-state index contributed by atoms with van der Waals surface area (Å²) in [4.78, 5) is 51.3. The van der Waals surface area contributed by atoms with Gasteiger partial charge in [0.1, 0.15) is 10.7 Å². The van der Waals surface area contributed by atoms with E-state index in [1.165, 1.54) is 24.3 Å². The maximum Gasteiger partial charge on any atom is 0.338 e. The minimum absolute atomic E-state index is 0.108. The highest BCUT2D eigenvalue weighted by Gasteiger charge is 2.39. The van der Waals surface area contributed by atoms with Gasteiger partial charge in [-0.15, -0.1) is 0 Å². The van der Waals surface area contributed by atoms with Crippen molar-refractivity contribution in [2.75, 3.05) is 15.5 Å². The molecule has 1 aliphatic rings. The van der Waals surface area contributed by atoms with E-state index in [1.807, 2.05) is 0 Å². The number of rotatable bonds is 7. The highest BCUT2D eigenvalue weighted by molar-refractivity contribution is 6.53. The Labute approximate surface area is 222 Å². The molecule has 10 heteroatoms. The van der Waals surface area contributed by atoms with Crippen molar-refractivity contribution in [3.05, 3.63) is 99.7 Å². The van der Waals surface area contributed by atoms with Gasteiger partial charge in [0.25, 0.3) is 17.7 Å². The van der Waals surface area contributed by atoms with Crippen molar-refractivity contribution in [3.8, 4) is 0 Å². The average Bonchev–Trinajstić information content (AvgIpc) is 3.08. The summed E-state index contributed by atoms with van der Waals surface area (Å²) in [5.41, 5.74) is 1.70. The van der Waals surface area contributed by atoms with Gasteiger partial charge in [-0.1, -0.05) is 35.3 Å². The topological polar surface area (TPSA) is 105 Å². The van der Waals surface area contributed by atoms with Crippen molar-refractivity contribution < 1.29 is 23.9 Å². The molecule has 0 bridgehead atoms. The molecule has 3 aromatic rings. The monoisotopic (exact) mass is 537 g/mol. The van der Waals surface area contributed by atoms with Gasteiger partial charge < -0.3 is 15.4 Å². The molecular formula is C27H21Cl2N3O5. The third kappa shape index (κ3) is 5.66.